The van der Waals surface area contributed by atoms with Crippen LogP contribution < -0.4 is 17.3 Å². The van der Waals surface area contributed by atoms with E-state index in [9.17, 15) is 24.0 Å². The summed E-state index contributed by atoms with van der Waals surface area (Å²) in [5.41, 5.74) is 3.61. The predicted octanol–water partition coefficient (Wildman–Crippen LogP) is 3.01. The van der Waals surface area contributed by atoms with Gasteiger partial charge in [-0.15, -0.1) is 0 Å². The molecule has 0 fully saturated rings. The molecule has 0 radical (unpaired) electrons. The molecule has 0 bridgehead atoms. The Hall–Kier alpha value is -5.64. The van der Waals surface area contributed by atoms with Crippen LogP contribution in [-0.4, -0.2) is 46.8 Å². The van der Waals surface area contributed by atoms with Crippen LogP contribution >= 0.6 is 15.9 Å². The van der Waals surface area contributed by atoms with Crippen molar-refractivity contribution in [2.45, 2.75) is 6.92 Å². The van der Waals surface area contributed by atoms with Gasteiger partial charge in [-0.3, -0.25) is 19.7 Å². The van der Waals surface area contributed by atoms with E-state index in [2.05, 4.69) is 45.8 Å². The van der Waals surface area contributed by atoms with Gasteiger partial charge < -0.3 is 18.4 Å². The highest BCUT2D eigenvalue weighted by Crippen LogP contribution is 2.14. The Morgan fingerprint density at radius 3 is 1.59 bits per heavy atom. The lowest BCUT2D eigenvalue weighted by Crippen LogP contribution is -1.93. The average molecular weight is 625 g/mol. The normalized spacial score (nSPS) is 11.1. The summed E-state index contributed by atoms with van der Waals surface area (Å²) >= 11 is 3.20. The van der Waals surface area contributed by atoms with Crippen LogP contribution in [0.3, 0.4) is 0 Å². The number of aromatic nitrogens is 6. The zero-order valence-corrected chi connectivity index (χ0v) is 22.3. The first-order chi connectivity index (χ1) is 19.5. The number of ketones is 1. The fourth-order valence-electron chi connectivity index (χ4n) is 3.08. The molecule has 0 unspecified atom stereocenters. The van der Waals surface area contributed by atoms with Gasteiger partial charge in [-0.2, -0.15) is 0 Å². The Bertz CT molecular complexity index is 2000. The Morgan fingerprint density at radius 1 is 0.732 bits per heavy atom. The number of pyridine rings is 3. The van der Waals surface area contributed by atoms with Gasteiger partial charge in [0, 0.05) is 35.2 Å². The highest BCUT2D eigenvalue weighted by Gasteiger charge is 2.03. The van der Waals surface area contributed by atoms with Gasteiger partial charge in [-0.05, 0) is 64.3 Å². The minimum atomic E-state index is -1.05. The van der Waals surface area contributed by atoms with Gasteiger partial charge in [-0.25, -0.2) is 34.1 Å². The van der Waals surface area contributed by atoms with Crippen LogP contribution in [0.4, 0.5) is 0 Å². The van der Waals surface area contributed by atoms with Crippen LogP contribution in [0.15, 0.2) is 81.0 Å². The van der Waals surface area contributed by atoms with E-state index in [0.29, 0.717) is 44.8 Å². The Morgan fingerprint density at radius 2 is 1.15 bits per heavy atom. The van der Waals surface area contributed by atoms with Crippen molar-refractivity contribution in [3.8, 4) is 0 Å². The Kier molecular flexibility index (Phi) is 8.63. The van der Waals surface area contributed by atoms with E-state index >= 15 is 0 Å². The maximum absolute atomic E-state index is 10.8. The molecule has 0 aliphatic heterocycles. The summed E-state index contributed by atoms with van der Waals surface area (Å²) in [6, 6.07) is 4.85. The lowest BCUT2D eigenvalue weighted by molar-refractivity contribution is -0.131. The van der Waals surface area contributed by atoms with E-state index < -0.39 is 23.2 Å². The lowest BCUT2D eigenvalue weighted by Gasteiger charge is -1.90. The second-order valence-corrected chi connectivity index (χ2v) is 8.81. The highest BCUT2D eigenvalue weighted by atomic mass is 79.9. The molecule has 6 aromatic rings. The van der Waals surface area contributed by atoms with Gasteiger partial charge >= 0.3 is 23.2 Å². The average Bonchev–Trinajstić information content (AvgIpc) is 3.59. The fourth-order valence-corrected chi connectivity index (χ4v) is 3.39. The molecular formula is C25H17BrN6O9. The maximum Gasteiger partial charge on any atom is 0.418 e. The van der Waals surface area contributed by atoms with Crippen LogP contribution in [0, 0.1) is 0 Å². The van der Waals surface area contributed by atoms with Crippen LogP contribution in [0.5, 0.6) is 0 Å². The van der Waals surface area contributed by atoms with Crippen molar-refractivity contribution >= 4 is 73.5 Å². The predicted molar refractivity (Wildman–Crippen MR) is 148 cm³/mol. The van der Waals surface area contributed by atoms with Crippen molar-refractivity contribution in [3.63, 3.8) is 0 Å². The number of hydrogen-bond donors (Lipinski definition) is 4. The van der Waals surface area contributed by atoms with Gasteiger partial charge in [0.15, 0.2) is 39.5 Å². The number of carbonyl (C=O) groups excluding carboxylic acids is 1. The number of nitrogens with one attached hydrogen (secondary N) is 3. The number of halogens is 1. The molecule has 6 aromatic heterocycles. The van der Waals surface area contributed by atoms with Crippen molar-refractivity contribution in [3.05, 3.63) is 96.2 Å². The molecule has 0 saturated carbocycles. The van der Waals surface area contributed by atoms with Crippen LogP contribution in [0.25, 0.3) is 45.8 Å². The SMILES string of the molecule is CC(=O)/C=C/c1cnc2[nH]c(=O)oc2c1.O=C(O)/C=C/c1cnc2[nH]c(=O)oc2c1.O=c1[nH]c2ncc(Br)cc2o1. The van der Waals surface area contributed by atoms with Gasteiger partial charge in [0.1, 0.15) is 0 Å². The maximum atomic E-state index is 10.8. The number of rotatable bonds is 4. The minimum absolute atomic E-state index is 0.0504. The summed E-state index contributed by atoms with van der Waals surface area (Å²) in [6.45, 7) is 1.46. The molecular weight excluding hydrogens is 608 g/mol. The van der Waals surface area contributed by atoms with E-state index in [-0.39, 0.29) is 5.78 Å². The monoisotopic (exact) mass is 624 g/mol. The number of aliphatic carboxylic acids is 1. The molecule has 15 nitrogen and oxygen atoms in total. The number of carboxylic acids is 1. The summed E-state index contributed by atoms with van der Waals surface area (Å²) in [5, 5.41) is 8.41. The molecule has 0 aliphatic rings. The van der Waals surface area contributed by atoms with Gasteiger partial charge in [0.05, 0.1) is 0 Å². The fraction of sp³-hybridized carbons (Fsp3) is 0.0400. The smallest absolute Gasteiger partial charge is 0.418 e. The summed E-state index contributed by atoms with van der Waals surface area (Å²) < 4.78 is 15.1. The molecule has 16 heteroatoms. The van der Waals surface area contributed by atoms with E-state index in [4.69, 9.17) is 18.4 Å². The molecule has 0 spiro atoms. The molecule has 0 aliphatic carbocycles. The van der Waals surface area contributed by atoms with Gasteiger partial charge in [-0.1, -0.05) is 0 Å². The second-order valence-electron chi connectivity index (χ2n) is 7.89. The number of H-pyrrole nitrogens is 3. The highest BCUT2D eigenvalue weighted by molar-refractivity contribution is 9.10. The number of fused-ring (bicyclic) bond motifs is 3. The standard InChI is InChI=1S/C10H8N2O3.C9H6N2O4.C6H3BrN2O2/c1-6(13)2-3-7-4-8-9(11-5-7)12-10(14)15-8;12-7(13)2-1-5-3-6-8(10-4-5)11-9(14)15-6;7-3-1-4-5(8-2-3)9-6(10)11-4/h2-5H,1H3,(H,11,12,14);1-4H,(H,12,13)(H,10,11,14);1-2H,(H,8,9,10)/b3-2+;2-1+;. The second kappa shape index (κ2) is 12.5. The third kappa shape index (κ3) is 7.93. The molecule has 208 valence electrons. The number of oxazole rings is 3. The molecule has 6 heterocycles. The third-order valence-electron chi connectivity index (χ3n) is 4.77. The van der Waals surface area contributed by atoms with Crippen LogP contribution in [0.1, 0.15) is 18.1 Å². The van der Waals surface area contributed by atoms with E-state index in [1.807, 2.05) is 0 Å². The molecule has 4 N–H and O–H groups in total. The molecule has 0 atom stereocenters. The number of allylic oxidation sites excluding steroid dienone is 1. The van der Waals surface area contributed by atoms with Crippen LogP contribution in [0.2, 0.25) is 0 Å². The quantitative estimate of drug-likeness (QED) is 0.207. The molecule has 0 saturated heterocycles. The molecule has 6 rings (SSSR count). The molecule has 0 aromatic carbocycles. The zero-order valence-electron chi connectivity index (χ0n) is 20.7. The summed E-state index contributed by atoms with van der Waals surface area (Å²) in [4.78, 5) is 72.2. The topological polar surface area (TPSA) is 231 Å². The summed E-state index contributed by atoms with van der Waals surface area (Å²) in [7, 11) is 0. The Labute approximate surface area is 234 Å². The molecule has 0 amide bonds. The number of hydrogen-bond acceptors (Lipinski definition) is 11. The van der Waals surface area contributed by atoms with Gasteiger partial charge in [0.25, 0.3) is 0 Å². The van der Waals surface area contributed by atoms with E-state index in [1.165, 1.54) is 31.3 Å². The number of carbonyl (C=O) groups is 2. The van der Waals surface area contributed by atoms with Crippen molar-refractivity contribution in [1.29, 1.82) is 0 Å². The number of aromatic amines is 3. The van der Waals surface area contributed by atoms with E-state index in [0.717, 1.165) is 10.5 Å². The first-order valence-electron chi connectivity index (χ1n) is 11.3. The first kappa shape index (κ1) is 28.4. The minimum Gasteiger partial charge on any atom is -0.478 e. The lowest BCUT2D eigenvalue weighted by atomic mass is 10.2. The number of carboxylic acid groups (broad SMARTS) is 1. The summed E-state index contributed by atoms with van der Waals surface area (Å²) in [5.74, 6) is -2.70. The van der Waals surface area contributed by atoms with Crippen molar-refractivity contribution in [2.24, 2.45) is 0 Å². The Balaban J connectivity index is 0.000000144. The van der Waals surface area contributed by atoms with Gasteiger partial charge in [0.2, 0.25) is 0 Å². The van der Waals surface area contributed by atoms with Crippen molar-refractivity contribution in [1.82, 2.24) is 29.9 Å². The van der Waals surface area contributed by atoms with E-state index in [1.54, 1.807) is 30.6 Å². The summed E-state index contributed by atoms with van der Waals surface area (Å²) in [6.07, 6.45) is 9.96. The van der Waals surface area contributed by atoms with Crippen LogP contribution in [-0.2, 0) is 9.59 Å². The van der Waals surface area contributed by atoms with Crippen molar-refractivity contribution in [2.75, 3.05) is 0 Å². The van der Waals surface area contributed by atoms with Crippen molar-refractivity contribution < 1.29 is 27.9 Å². The first-order valence-corrected chi connectivity index (χ1v) is 12.1. The molecule has 41 heavy (non-hydrogen) atoms. The zero-order chi connectivity index (χ0) is 29.5. The largest absolute Gasteiger partial charge is 0.478 e. The number of nitrogens with zero attached hydrogens (tertiary/aromatic N) is 3. The third-order valence-corrected chi connectivity index (χ3v) is 5.20.